The van der Waals surface area contributed by atoms with Crippen molar-refractivity contribution in [3.8, 4) is 5.69 Å². The molecule has 0 aliphatic rings. The Kier molecular flexibility index (Phi) is 2.73. The summed E-state index contributed by atoms with van der Waals surface area (Å²) in [5.74, 6) is 0. The van der Waals surface area contributed by atoms with Gasteiger partial charge in [-0.3, -0.25) is 4.57 Å². The van der Waals surface area contributed by atoms with Gasteiger partial charge in [0.2, 0.25) is 0 Å². The van der Waals surface area contributed by atoms with Gasteiger partial charge in [-0.25, -0.2) is 0 Å². The molecule has 72 valence electrons. The van der Waals surface area contributed by atoms with Gasteiger partial charge in [-0.05, 0) is 53.9 Å². The number of para-hydroxylation sites is 1. The van der Waals surface area contributed by atoms with E-state index in [1.54, 1.807) is 0 Å². The van der Waals surface area contributed by atoms with E-state index in [-0.39, 0.29) is 0 Å². The van der Waals surface area contributed by atoms with Crippen molar-refractivity contribution >= 4 is 34.8 Å². The van der Waals surface area contributed by atoms with Crippen molar-refractivity contribution in [1.29, 1.82) is 0 Å². The van der Waals surface area contributed by atoms with E-state index >= 15 is 0 Å². The highest BCUT2D eigenvalue weighted by Gasteiger charge is 2.02. The predicted octanol–water partition coefficient (Wildman–Crippen LogP) is 3.45. The third-order valence-electron chi connectivity index (χ3n) is 1.96. The smallest absolute Gasteiger partial charge is 0.182 e. The van der Waals surface area contributed by atoms with E-state index in [2.05, 4.69) is 39.7 Å². The van der Waals surface area contributed by atoms with Crippen LogP contribution in [0.15, 0.2) is 30.5 Å². The van der Waals surface area contributed by atoms with Crippen LogP contribution in [0.3, 0.4) is 0 Å². The third-order valence-corrected chi connectivity index (χ3v) is 3.17. The molecule has 0 aliphatic carbocycles. The number of aromatic amines is 1. The maximum atomic E-state index is 5.22. The van der Waals surface area contributed by atoms with E-state index in [0.717, 1.165) is 16.2 Å². The number of H-pyrrole nitrogens is 1. The lowest BCUT2D eigenvalue weighted by Crippen LogP contribution is -1.94. The molecule has 0 radical (unpaired) electrons. The maximum absolute atomic E-state index is 5.22. The monoisotopic (exact) mass is 316 g/mol. The fourth-order valence-corrected chi connectivity index (χ4v) is 2.30. The second kappa shape index (κ2) is 3.86. The van der Waals surface area contributed by atoms with Gasteiger partial charge < -0.3 is 4.98 Å². The zero-order valence-corrected chi connectivity index (χ0v) is 10.6. The Hall–Kier alpha value is -0.620. The number of halogens is 1. The number of imidazole rings is 1. The van der Waals surface area contributed by atoms with E-state index in [4.69, 9.17) is 12.2 Å². The molecule has 1 heterocycles. The molecule has 0 atom stereocenters. The molecule has 0 amide bonds. The molecule has 0 fully saturated rings. The molecule has 2 rings (SSSR count). The minimum absolute atomic E-state index is 0.742. The van der Waals surface area contributed by atoms with Gasteiger partial charge in [-0.15, -0.1) is 0 Å². The van der Waals surface area contributed by atoms with E-state index < -0.39 is 0 Å². The van der Waals surface area contributed by atoms with Crippen molar-refractivity contribution in [2.75, 3.05) is 0 Å². The highest BCUT2D eigenvalue weighted by atomic mass is 127. The van der Waals surface area contributed by atoms with E-state index in [1.807, 2.05) is 29.8 Å². The molecule has 1 N–H and O–H groups in total. The second-order valence-electron chi connectivity index (χ2n) is 3.06. The Morgan fingerprint density at radius 1 is 1.36 bits per heavy atom. The maximum Gasteiger partial charge on any atom is 0.182 e. The Bertz CT molecular complexity index is 513. The molecule has 14 heavy (non-hydrogen) atoms. The largest absolute Gasteiger partial charge is 0.335 e. The summed E-state index contributed by atoms with van der Waals surface area (Å²) in [5, 5.41) is 0. The third kappa shape index (κ3) is 1.76. The molecule has 4 heteroatoms. The van der Waals surface area contributed by atoms with Gasteiger partial charge in [0.15, 0.2) is 4.77 Å². The standard InChI is InChI=1S/C10H9IN2S/c1-7-6-13(10(14)12-7)9-5-3-2-4-8(9)11/h2-6H,1H3,(H,12,14). The second-order valence-corrected chi connectivity index (χ2v) is 4.61. The fraction of sp³-hybridized carbons (Fsp3) is 0.100. The Morgan fingerprint density at radius 3 is 2.64 bits per heavy atom. The molecule has 1 aromatic heterocycles. The van der Waals surface area contributed by atoms with Crippen molar-refractivity contribution in [1.82, 2.24) is 9.55 Å². The summed E-state index contributed by atoms with van der Waals surface area (Å²) >= 11 is 7.53. The lowest BCUT2D eigenvalue weighted by atomic mass is 10.3. The van der Waals surface area contributed by atoms with Gasteiger partial charge >= 0.3 is 0 Å². The molecule has 1 aromatic carbocycles. The fourth-order valence-electron chi connectivity index (χ4n) is 1.34. The van der Waals surface area contributed by atoms with Gasteiger partial charge in [-0.2, -0.15) is 0 Å². The molecule has 2 nitrogen and oxygen atoms in total. The molecule has 2 aromatic rings. The number of nitrogens with one attached hydrogen (secondary N) is 1. The summed E-state index contributed by atoms with van der Waals surface area (Å²) < 4.78 is 3.93. The van der Waals surface area contributed by atoms with Crippen LogP contribution < -0.4 is 0 Å². The molecule has 0 saturated carbocycles. The molecule has 0 aliphatic heterocycles. The molecular formula is C10H9IN2S. The molecular weight excluding hydrogens is 307 g/mol. The first-order valence-electron chi connectivity index (χ1n) is 4.21. The molecule has 0 saturated heterocycles. The topological polar surface area (TPSA) is 20.7 Å². The van der Waals surface area contributed by atoms with Crippen LogP contribution in [-0.4, -0.2) is 9.55 Å². The summed E-state index contributed by atoms with van der Waals surface area (Å²) in [5.41, 5.74) is 2.21. The van der Waals surface area contributed by atoms with Crippen molar-refractivity contribution in [3.63, 3.8) is 0 Å². The van der Waals surface area contributed by atoms with Gasteiger partial charge in [0, 0.05) is 15.5 Å². The van der Waals surface area contributed by atoms with Crippen LogP contribution in [0.4, 0.5) is 0 Å². The molecule has 0 spiro atoms. The van der Waals surface area contributed by atoms with Crippen LogP contribution in [0, 0.1) is 15.3 Å². The van der Waals surface area contributed by atoms with Crippen molar-refractivity contribution in [2.45, 2.75) is 6.92 Å². The summed E-state index contributed by atoms with van der Waals surface area (Å²) in [7, 11) is 0. The number of hydrogen-bond donors (Lipinski definition) is 1. The highest BCUT2D eigenvalue weighted by Crippen LogP contribution is 2.17. The summed E-state index contributed by atoms with van der Waals surface area (Å²) in [6, 6.07) is 8.17. The van der Waals surface area contributed by atoms with E-state index in [9.17, 15) is 0 Å². The number of aryl methyl sites for hydroxylation is 1. The predicted molar refractivity (Wildman–Crippen MR) is 68.4 cm³/mol. The summed E-state index contributed by atoms with van der Waals surface area (Å²) in [6.07, 6.45) is 2.01. The zero-order valence-electron chi connectivity index (χ0n) is 7.62. The van der Waals surface area contributed by atoms with Crippen LogP contribution in [-0.2, 0) is 0 Å². The van der Waals surface area contributed by atoms with Gasteiger partial charge in [0.05, 0.1) is 5.69 Å². The van der Waals surface area contributed by atoms with E-state index in [0.29, 0.717) is 0 Å². The minimum atomic E-state index is 0.742. The number of aromatic nitrogens is 2. The van der Waals surface area contributed by atoms with Crippen LogP contribution >= 0.6 is 34.8 Å². The van der Waals surface area contributed by atoms with Gasteiger partial charge in [-0.1, -0.05) is 12.1 Å². The van der Waals surface area contributed by atoms with Crippen LogP contribution in [0.25, 0.3) is 5.69 Å². The number of rotatable bonds is 1. The van der Waals surface area contributed by atoms with Crippen LogP contribution in [0.2, 0.25) is 0 Å². The van der Waals surface area contributed by atoms with Crippen LogP contribution in [0.5, 0.6) is 0 Å². The van der Waals surface area contributed by atoms with Gasteiger partial charge in [0.25, 0.3) is 0 Å². The quantitative estimate of drug-likeness (QED) is 0.631. The Morgan fingerprint density at radius 2 is 2.07 bits per heavy atom. The first kappa shape index (κ1) is 9.92. The molecule has 0 unspecified atom stereocenters. The number of nitrogens with zero attached hydrogens (tertiary/aromatic N) is 1. The normalized spacial score (nSPS) is 10.4. The summed E-state index contributed by atoms with van der Waals surface area (Å²) in [4.78, 5) is 3.11. The SMILES string of the molecule is Cc1cn(-c2ccccc2I)c(=S)[nH]1. The van der Waals surface area contributed by atoms with Crippen molar-refractivity contribution in [2.24, 2.45) is 0 Å². The minimum Gasteiger partial charge on any atom is -0.335 e. The van der Waals surface area contributed by atoms with E-state index in [1.165, 1.54) is 3.57 Å². The number of benzene rings is 1. The lowest BCUT2D eigenvalue weighted by Gasteiger charge is -2.03. The average Bonchev–Trinajstić information content (AvgIpc) is 2.46. The average molecular weight is 316 g/mol. The van der Waals surface area contributed by atoms with Crippen molar-refractivity contribution < 1.29 is 0 Å². The Balaban J connectivity index is 2.66. The first-order chi connectivity index (χ1) is 6.68. The highest BCUT2D eigenvalue weighted by molar-refractivity contribution is 14.1. The van der Waals surface area contributed by atoms with Gasteiger partial charge in [0.1, 0.15) is 0 Å². The summed E-state index contributed by atoms with van der Waals surface area (Å²) in [6.45, 7) is 2.00. The van der Waals surface area contributed by atoms with Crippen molar-refractivity contribution in [3.05, 3.63) is 44.5 Å². The lowest BCUT2D eigenvalue weighted by molar-refractivity contribution is 1.02. The Labute approximate surface area is 101 Å². The zero-order chi connectivity index (χ0) is 10.1. The first-order valence-corrected chi connectivity index (χ1v) is 5.70. The van der Waals surface area contributed by atoms with Crippen LogP contribution in [0.1, 0.15) is 5.69 Å². The number of hydrogen-bond acceptors (Lipinski definition) is 1. The molecule has 0 bridgehead atoms.